The summed E-state index contributed by atoms with van der Waals surface area (Å²) in [5, 5.41) is 2.42. The molecular formula is C14H17F3N2O3S. The minimum Gasteiger partial charge on any atom is -0.355 e. The van der Waals surface area contributed by atoms with Gasteiger partial charge in [0.05, 0.1) is 10.8 Å². The molecule has 0 bridgehead atoms. The van der Waals surface area contributed by atoms with E-state index in [2.05, 4.69) is 5.32 Å². The number of piperidine rings is 1. The number of rotatable bonds is 3. The first kappa shape index (κ1) is 17.7. The molecule has 0 unspecified atom stereocenters. The zero-order valence-electron chi connectivity index (χ0n) is 12.4. The highest BCUT2D eigenvalue weighted by Gasteiger charge is 2.43. The minimum absolute atomic E-state index is 0.0318. The lowest BCUT2D eigenvalue weighted by Crippen LogP contribution is -2.42. The van der Waals surface area contributed by atoms with E-state index in [9.17, 15) is 26.4 Å². The van der Waals surface area contributed by atoms with Crippen LogP contribution in [0.1, 0.15) is 23.2 Å². The standard InChI is InChI=1S/C14H17F3N2O3S/c1-18-13(20)10-2-4-12(5-3-10)23(21,22)19-8-6-11(7-9-19)14(15,16)17/h2-5,11H,6-9H2,1H3,(H,18,20). The van der Waals surface area contributed by atoms with E-state index in [-0.39, 0.29) is 36.7 Å². The second kappa shape index (κ2) is 6.48. The highest BCUT2D eigenvalue weighted by molar-refractivity contribution is 7.89. The van der Waals surface area contributed by atoms with Crippen LogP contribution in [0.25, 0.3) is 0 Å². The quantitative estimate of drug-likeness (QED) is 0.907. The summed E-state index contributed by atoms with van der Waals surface area (Å²) in [6.45, 7) is -0.326. The number of carbonyl (C=O) groups excluding carboxylic acids is 1. The van der Waals surface area contributed by atoms with Gasteiger partial charge in [0, 0.05) is 25.7 Å². The molecule has 0 radical (unpaired) electrons. The molecule has 0 spiro atoms. The molecular weight excluding hydrogens is 333 g/mol. The van der Waals surface area contributed by atoms with E-state index in [1.165, 1.54) is 31.3 Å². The van der Waals surface area contributed by atoms with Crippen LogP contribution in [-0.4, -0.2) is 44.9 Å². The van der Waals surface area contributed by atoms with Gasteiger partial charge in [0.1, 0.15) is 0 Å². The molecule has 0 atom stereocenters. The fraction of sp³-hybridized carbons (Fsp3) is 0.500. The summed E-state index contributed by atoms with van der Waals surface area (Å²) in [5.74, 6) is -1.80. The Hall–Kier alpha value is -1.61. The van der Waals surface area contributed by atoms with Gasteiger partial charge in [0.25, 0.3) is 5.91 Å². The Morgan fingerprint density at radius 3 is 2.13 bits per heavy atom. The zero-order valence-corrected chi connectivity index (χ0v) is 13.2. The van der Waals surface area contributed by atoms with E-state index in [4.69, 9.17) is 0 Å². The van der Waals surface area contributed by atoms with Gasteiger partial charge in [-0.1, -0.05) is 0 Å². The topological polar surface area (TPSA) is 66.5 Å². The fourth-order valence-electron chi connectivity index (χ4n) is 2.50. The fourth-order valence-corrected chi connectivity index (χ4v) is 3.96. The third kappa shape index (κ3) is 3.84. The molecule has 0 aliphatic carbocycles. The summed E-state index contributed by atoms with van der Waals surface area (Å²) < 4.78 is 63.8. The smallest absolute Gasteiger partial charge is 0.355 e. The van der Waals surface area contributed by atoms with E-state index in [0.29, 0.717) is 5.56 Å². The van der Waals surface area contributed by atoms with E-state index >= 15 is 0 Å². The number of hydrogen-bond acceptors (Lipinski definition) is 3. The number of amides is 1. The number of benzene rings is 1. The molecule has 5 nitrogen and oxygen atoms in total. The first-order chi connectivity index (χ1) is 10.7. The molecule has 128 valence electrons. The monoisotopic (exact) mass is 350 g/mol. The number of carbonyl (C=O) groups is 1. The van der Waals surface area contributed by atoms with Crippen molar-refractivity contribution in [2.24, 2.45) is 5.92 Å². The highest BCUT2D eigenvalue weighted by Crippen LogP contribution is 2.35. The third-order valence-electron chi connectivity index (χ3n) is 3.90. The van der Waals surface area contributed by atoms with Crippen LogP contribution in [-0.2, 0) is 10.0 Å². The first-order valence-electron chi connectivity index (χ1n) is 7.05. The van der Waals surface area contributed by atoms with Gasteiger partial charge in [0.15, 0.2) is 0 Å². The molecule has 23 heavy (non-hydrogen) atoms. The van der Waals surface area contributed by atoms with Gasteiger partial charge >= 0.3 is 6.18 Å². The van der Waals surface area contributed by atoms with Crippen LogP contribution in [0.15, 0.2) is 29.2 Å². The summed E-state index contributed by atoms with van der Waals surface area (Å²) in [7, 11) is -2.39. The van der Waals surface area contributed by atoms with Crippen LogP contribution in [0.4, 0.5) is 13.2 Å². The van der Waals surface area contributed by atoms with Gasteiger partial charge in [0.2, 0.25) is 10.0 Å². The maximum atomic E-state index is 12.6. The molecule has 0 aromatic heterocycles. The van der Waals surface area contributed by atoms with Crippen molar-refractivity contribution in [3.63, 3.8) is 0 Å². The molecule has 1 aromatic carbocycles. The highest BCUT2D eigenvalue weighted by atomic mass is 32.2. The normalized spacial score (nSPS) is 17.9. The summed E-state index contributed by atoms with van der Waals surface area (Å²) in [5.41, 5.74) is 0.308. The van der Waals surface area contributed by atoms with Crippen molar-refractivity contribution < 1.29 is 26.4 Å². The van der Waals surface area contributed by atoms with Crippen LogP contribution in [0, 0.1) is 5.92 Å². The molecule has 1 saturated heterocycles. The summed E-state index contributed by atoms with van der Waals surface area (Å²) >= 11 is 0. The average molecular weight is 350 g/mol. The van der Waals surface area contributed by atoms with Gasteiger partial charge < -0.3 is 5.32 Å². The SMILES string of the molecule is CNC(=O)c1ccc(S(=O)(=O)N2CCC(C(F)(F)F)CC2)cc1. The minimum atomic E-state index is -4.29. The molecule has 1 aliphatic rings. The van der Waals surface area contributed by atoms with Crippen molar-refractivity contribution in [2.45, 2.75) is 23.9 Å². The average Bonchev–Trinajstić information content (AvgIpc) is 2.53. The Bertz CT molecular complexity index is 664. The molecule has 1 N–H and O–H groups in total. The number of alkyl halides is 3. The Balaban J connectivity index is 2.12. The van der Waals surface area contributed by atoms with Gasteiger partial charge in [-0.05, 0) is 37.1 Å². The van der Waals surface area contributed by atoms with Crippen LogP contribution >= 0.6 is 0 Å². The molecule has 0 saturated carbocycles. The molecule has 2 rings (SSSR count). The van der Waals surface area contributed by atoms with Crippen LogP contribution < -0.4 is 5.32 Å². The first-order valence-corrected chi connectivity index (χ1v) is 8.49. The van der Waals surface area contributed by atoms with Crippen molar-refractivity contribution in [3.05, 3.63) is 29.8 Å². The maximum absolute atomic E-state index is 12.6. The van der Waals surface area contributed by atoms with Crippen molar-refractivity contribution in [1.29, 1.82) is 0 Å². The maximum Gasteiger partial charge on any atom is 0.391 e. The number of hydrogen-bond donors (Lipinski definition) is 1. The van der Waals surface area contributed by atoms with Gasteiger partial charge in [-0.3, -0.25) is 4.79 Å². The molecule has 1 fully saturated rings. The predicted octanol–water partition coefficient (Wildman–Crippen LogP) is 2.01. The Labute approximate surface area is 132 Å². The van der Waals surface area contributed by atoms with Gasteiger partial charge in [-0.2, -0.15) is 17.5 Å². The zero-order chi connectivity index (χ0) is 17.3. The summed E-state index contributed by atoms with van der Waals surface area (Å²) in [6, 6.07) is 5.31. The van der Waals surface area contributed by atoms with Crippen LogP contribution in [0.5, 0.6) is 0 Å². The van der Waals surface area contributed by atoms with Crippen molar-refractivity contribution >= 4 is 15.9 Å². The van der Waals surface area contributed by atoms with E-state index < -0.39 is 22.1 Å². The number of nitrogens with zero attached hydrogens (tertiary/aromatic N) is 1. The van der Waals surface area contributed by atoms with Gasteiger partial charge in [-0.15, -0.1) is 0 Å². The lowest BCUT2D eigenvalue weighted by Gasteiger charge is -2.32. The number of nitrogens with one attached hydrogen (secondary N) is 1. The molecule has 1 amide bonds. The number of halogens is 3. The largest absolute Gasteiger partial charge is 0.391 e. The summed E-state index contributed by atoms with van der Waals surface area (Å²) in [6.07, 6.45) is -4.76. The second-order valence-corrected chi connectivity index (χ2v) is 7.26. The lowest BCUT2D eigenvalue weighted by atomic mass is 9.98. The lowest BCUT2D eigenvalue weighted by molar-refractivity contribution is -0.182. The van der Waals surface area contributed by atoms with Crippen molar-refractivity contribution in [3.8, 4) is 0 Å². The Kier molecular flexibility index (Phi) is 5.00. The van der Waals surface area contributed by atoms with Crippen LogP contribution in [0.2, 0.25) is 0 Å². The van der Waals surface area contributed by atoms with E-state index in [0.717, 1.165) is 4.31 Å². The van der Waals surface area contributed by atoms with Crippen molar-refractivity contribution in [2.75, 3.05) is 20.1 Å². The molecule has 1 aliphatic heterocycles. The van der Waals surface area contributed by atoms with E-state index in [1.54, 1.807) is 0 Å². The third-order valence-corrected chi connectivity index (χ3v) is 5.81. The Morgan fingerprint density at radius 2 is 1.70 bits per heavy atom. The number of sulfonamides is 1. The van der Waals surface area contributed by atoms with Gasteiger partial charge in [-0.25, -0.2) is 8.42 Å². The van der Waals surface area contributed by atoms with Crippen molar-refractivity contribution in [1.82, 2.24) is 9.62 Å². The van der Waals surface area contributed by atoms with Crippen LogP contribution in [0.3, 0.4) is 0 Å². The summed E-state index contributed by atoms with van der Waals surface area (Å²) in [4.78, 5) is 11.4. The second-order valence-electron chi connectivity index (χ2n) is 5.32. The predicted molar refractivity (Wildman–Crippen MR) is 77.4 cm³/mol. The Morgan fingerprint density at radius 1 is 1.17 bits per heavy atom. The molecule has 1 heterocycles. The molecule has 1 aromatic rings. The van der Waals surface area contributed by atoms with E-state index in [1.807, 2.05) is 0 Å². The molecule has 9 heteroatoms.